The van der Waals surface area contributed by atoms with Crippen molar-refractivity contribution in [2.75, 3.05) is 12.4 Å². The first-order valence-electron chi connectivity index (χ1n) is 7.69. The van der Waals surface area contributed by atoms with Crippen molar-refractivity contribution >= 4 is 11.6 Å². The number of hydrogen-bond acceptors (Lipinski definition) is 4. The van der Waals surface area contributed by atoms with Gasteiger partial charge < -0.3 is 20.1 Å². The van der Waals surface area contributed by atoms with Gasteiger partial charge in [0.25, 0.3) is 5.91 Å². The number of nitrogens with one attached hydrogen (secondary N) is 2. The zero-order chi connectivity index (χ0) is 16.0. The van der Waals surface area contributed by atoms with Crippen LogP contribution in [0.2, 0.25) is 0 Å². The average molecular weight is 310 g/mol. The predicted molar refractivity (Wildman–Crippen MR) is 87.1 cm³/mol. The average Bonchev–Trinajstić information content (AvgIpc) is 2.92. The quantitative estimate of drug-likeness (QED) is 0.895. The van der Waals surface area contributed by atoms with Gasteiger partial charge in [-0.25, -0.2) is 0 Å². The third kappa shape index (κ3) is 2.29. The molecule has 2 heterocycles. The number of amides is 1. The summed E-state index contributed by atoms with van der Waals surface area (Å²) in [4.78, 5) is 12.3. The normalized spacial score (nSPS) is 21.6. The summed E-state index contributed by atoms with van der Waals surface area (Å²) in [6.45, 7) is 2.04. The molecule has 0 aromatic heterocycles. The minimum atomic E-state index is -0.350. The van der Waals surface area contributed by atoms with Crippen LogP contribution in [0.1, 0.15) is 34.6 Å². The van der Waals surface area contributed by atoms with Crippen LogP contribution >= 0.6 is 0 Å². The number of carbonyl (C=O) groups excluding carboxylic acids is 1. The Morgan fingerprint density at radius 2 is 2.04 bits per heavy atom. The molecule has 0 spiro atoms. The van der Waals surface area contributed by atoms with Crippen LogP contribution < -0.4 is 20.1 Å². The van der Waals surface area contributed by atoms with Gasteiger partial charge in [0, 0.05) is 23.2 Å². The van der Waals surface area contributed by atoms with Crippen molar-refractivity contribution in [3.8, 4) is 11.5 Å². The van der Waals surface area contributed by atoms with Crippen molar-refractivity contribution in [2.45, 2.75) is 25.6 Å². The van der Waals surface area contributed by atoms with Crippen molar-refractivity contribution in [1.82, 2.24) is 5.32 Å². The number of anilines is 1. The summed E-state index contributed by atoms with van der Waals surface area (Å²) in [6.07, 6.45) is 0.691. The standard InChI is InChI=1S/C18H18N2O3/c1-10-7-11-8-16(22-2)13(9-15(11)23-10)17-19-14-6-4-3-5-12(14)18(21)20-17/h3-6,8-10,17,19H,7H2,1-2H3,(H,20,21)/t10-,17+/m1/s1. The molecule has 0 aliphatic carbocycles. The molecule has 23 heavy (non-hydrogen) atoms. The summed E-state index contributed by atoms with van der Waals surface area (Å²) in [5.41, 5.74) is 3.47. The first kappa shape index (κ1) is 13.9. The maximum absolute atomic E-state index is 12.3. The maximum Gasteiger partial charge on any atom is 0.255 e. The van der Waals surface area contributed by atoms with E-state index in [1.807, 2.05) is 37.3 Å². The number of carbonyl (C=O) groups is 1. The molecule has 1 amide bonds. The van der Waals surface area contributed by atoms with E-state index in [9.17, 15) is 4.79 Å². The first-order valence-corrected chi connectivity index (χ1v) is 7.69. The molecule has 5 nitrogen and oxygen atoms in total. The van der Waals surface area contributed by atoms with Gasteiger partial charge in [0.2, 0.25) is 0 Å². The number of fused-ring (bicyclic) bond motifs is 2. The molecule has 2 aromatic rings. The van der Waals surface area contributed by atoms with E-state index in [4.69, 9.17) is 9.47 Å². The molecule has 2 aliphatic rings. The Morgan fingerprint density at radius 1 is 1.22 bits per heavy atom. The van der Waals surface area contributed by atoms with E-state index < -0.39 is 0 Å². The smallest absolute Gasteiger partial charge is 0.255 e. The Kier molecular flexibility index (Phi) is 3.15. The van der Waals surface area contributed by atoms with Crippen LogP contribution in [0, 0.1) is 0 Å². The third-order valence-corrected chi connectivity index (χ3v) is 4.31. The molecule has 2 aliphatic heterocycles. The highest BCUT2D eigenvalue weighted by atomic mass is 16.5. The summed E-state index contributed by atoms with van der Waals surface area (Å²) >= 11 is 0. The fourth-order valence-corrected chi connectivity index (χ4v) is 3.22. The largest absolute Gasteiger partial charge is 0.496 e. The Balaban J connectivity index is 1.74. The number of rotatable bonds is 2. The van der Waals surface area contributed by atoms with Crippen LogP contribution in [-0.2, 0) is 6.42 Å². The lowest BCUT2D eigenvalue weighted by atomic mass is 10.0. The molecule has 0 radical (unpaired) electrons. The lowest BCUT2D eigenvalue weighted by molar-refractivity contribution is 0.0935. The fraction of sp³-hybridized carbons (Fsp3) is 0.278. The Morgan fingerprint density at radius 3 is 2.87 bits per heavy atom. The second kappa shape index (κ2) is 5.19. The first-order chi connectivity index (χ1) is 11.2. The number of hydrogen-bond donors (Lipinski definition) is 2. The van der Waals surface area contributed by atoms with Crippen LogP contribution in [0.15, 0.2) is 36.4 Å². The van der Waals surface area contributed by atoms with Crippen LogP contribution in [0.4, 0.5) is 5.69 Å². The number of para-hydroxylation sites is 1. The molecule has 0 bridgehead atoms. The second-order valence-corrected chi connectivity index (χ2v) is 5.93. The molecule has 4 rings (SSSR count). The van der Waals surface area contributed by atoms with Crippen LogP contribution in [-0.4, -0.2) is 19.1 Å². The summed E-state index contributed by atoms with van der Waals surface area (Å²) in [7, 11) is 1.64. The van der Waals surface area contributed by atoms with Gasteiger partial charge in [0.15, 0.2) is 0 Å². The van der Waals surface area contributed by atoms with Crippen molar-refractivity contribution in [3.05, 3.63) is 53.1 Å². The molecule has 0 saturated carbocycles. The van der Waals surface area contributed by atoms with E-state index in [-0.39, 0.29) is 18.2 Å². The lowest BCUT2D eigenvalue weighted by Gasteiger charge is -2.29. The van der Waals surface area contributed by atoms with Gasteiger partial charge in [-0.3, -0.25) is 4.79 Å². The monoisotopic (exact) mass is 310 g/mol. The third-order valence-electron chi connectivity index (χ3n) is 4.31. The molecule has 5 heteroatoms. The van der Waals surface area contributed by atoms with Gasteiger partial charge in [-0.05, 0) is 31.2 Å². The molecule has 2 N–H and O–H groups in total. The van der Waals surface area contributed by atoms with Crippen LogP contribution in [0.25, 0.3) is 0 Å². The Hall–Kier alpha value is -2.69. The summed E-state index contributed by atoms with van der Waals surface area (Å²) in [6, 6.07) is 11.4. The van der Waals surface area contributed by atoms with Crippen molar-refractivity contribution in [1.29, 1.82) is 0 Å². The molecule has 2 atom stereocenters. The van der Waals surface area contributed by atoms with E-state index in [1.165, 1.54) is 0 Å². The van der Waals surface area contributed by atoms with Crippen LogP contribution in [0.3, 0.4) is 0 Å². The van der Waals surface area contributed by atoms with E-state index in [0.29, 0.717) is 5.56 Å². The van der Waals surface area contributed by atoms with Gasteiger partial charge >= 0.3 is 0 Å². The summed E-state index contributed by atoms with van der Waals surface area (Å²) < 4.78 is 11.4. The molecule has 0 saturated heterocycles. The minimum absolute atomic E-state index is 0.0961. The highest BCUT2D eigenvalue weighted by Gasteiger charge is 2.29. The predicted octanol–water partition coefficient (Wildman–Crippen LogP) is 2.87. The van der Waals surface area contributed by atoms with E-state index in [1.54, 1.807) is 13.2 Å². The van der Waals surface area contributed by atoms with E-state index >= 15 is 0 Å². The maximum atomic E-state index is 12.3. The highest BCUT2D eigenvalue weighted by molar-refractivity contribution is 6.01. The minimum Gasteiger partial charge on any atom is -0.496 e. The fourth-order valence-electron chi connectivity index (χ4n) is 3.22. The molecular weight excluding hydrogens is 292 g/mol. The zero-order valence-corrected chi connectivity index (χ0v) is 13.1. The summed E-state index contributed by atoms with van der Waals surface area (Å²) in [5.74, 6) is 1.52. The second-order valence-electron chi connectivity index (χ2n) is 5.93. The zero-order valence-electron chi connectivity index (χ0n) is 13.1. The Labute approximate surface area is 134 Å². The molecule has 0 fully saturated rings. The van der Waals surface area contributed by atoms with Crippen LogP contribution in [0.5, 0.6) is 11.5 Å². The van der Waals surface area contributed by atoms with Gasteiger partial charge in [-0.2, -0.15) is 0 Å². The number of ether oxygens (including phenoxy) is 2. The van der Waals surface area contributed by atoms with Gasteiger partial charge in [0.1, 0.15) is 23.8 Å². The van der Waals surface area contributed by atoms with E-state index in [0.717, 1.165) is 34.7 Å². The molecule has 0 unspecified atom stereocenters. The number of methoxy groups -OCH3 is 1. The Bertz CT molecular complexity index is 788. The molecular formula is C18H18N2O3. The van der Waals surface area contributed by atoms with Crippen molar-refractivity contribution in [3.63, 3.8) is 0 Å². The summed E-state index contributed by atoms with van der Waals surface area (Å²) in [5, 5.41) is 6.33. The lowest BCUT2D eigenvalue weighted by Crippen LogP contribution is -2.38. The SMILES string of the molecule is COc1cc2c(cc1[C@@H]1NC(=O)c3ccccc3N1)O[C@H](C)C2. The van der Waals surface area contributed by atoms with Gasteiger partial charge in [0.05, 0.1) is 12.7 Å². The highest BCUT2D eigenvalue weighted by Crippen LogP contribution is 2.39. The topological polar surface area (TPSA) is 59.6 Å². The molecule has 118 valence electrons. The van der Waals surface area contributed by atoms with Gasteiger partial charge in [-0.1, -0.05) is 12.1 Å². The van der Waals surface area contributed by atoms with Crippen molar-refractivity contribution < 1.29 is 14.3 Å². The van der Waals surface area contributed by atoms with Gasteiger partial charge in [-0.15, -0.1) is 0 Å². The van der Waals surface area contributed by atoms with E-state index in [2.05, 4.69) is 10.6 Å². The number of benzene rings is 2. The molecule has 2 aromatic carbocycles. The van der Waals surface area contributed by atoms with Crippen molar-refractivity contribution in [2.24, 2.45) is 0 Å².